The molecule has 3 N–H and O–H groups in total. The van der Waals surface area contributed by atoms with Gasteiger partial charge in [0.15, 0.2) is 0 Å². The van der Waals surface area contributed by atoms with E-state index >= 15 is 0 Å². The number of rotatable bonds is 10. The average molecular weight is 539 g/mol. The van der Waals surface area contributed by atoms with Crippen molar-refractivity contribution in [1.29, 1.82) is 0 Å². The van der Waals surface area contributed by atoms with Gasteiger partial charge >= 0.3 is 5.97 Å². The van der Waals surface area contributed by atoms with E-state index in [1.807, 2.05) is 12.1 Å². The van der Waals surface area contributed by atoms with Crippen molar-refractivity contribution in [3.05, 3.63) is 78.6 Å². The summed E-state index contributed by atoms with van der Waals surface area (Å²) in [5.74, 6) is -1.23. The highest BCUT2D eigenvalue weighted by molar-refractivity contribution is 7.89. The van der Waals surface area contributed by atoms with Crippen LogP contribution in [0.25, 0.3) is 0 Å². The summed E-state index contributed by atoms with van der Waals surface area (Å²) in [6, 6.07) is 15.2. The molecule has 4 rings (SSSR count). The van der Waals surface area contributed by atoms with Crippen molar-refractivity contribution < 1.29 is 23.1 Å². The van der Waals surface area contributed by atoms with E-state index in [-0.39, 0.29) is 17.5 Å². The van der Waals surface area contributed by atoms with Crippen molar-refractivity contribution in [3.63, 3.8) is 0 Å². The molecular weight excluding hydrogens is 508 g/mol. The summed E-state index contributed by atoms with van der Waals surface area (Å²) in [4.78, 5) is 35.2. The van der Waals surface area contributed by atoms with E-state index in [2.05, 4.69) is 25.5 Å². The SMILES string of the molecule is CN(C(CNC(=O)c1ccc(N2CCC(Nc3ncccn3)CC2)cc1)C(=O)O)S(=O)(=O)c1ccccc1. The fourth-order valence-corrected chi connectivity index (χ4v) is 5.58. The van der Waals surface area contributed by atoms with Crippen LogP contribution in [0.15, 0.2) is 78.0 Å². The van der Waals surface area contributed by atoms with Gasteiger partial charge in [0, 0.05) is 56.4 Å². The first-order chi connectivity index (χ1) is 18.3. The van der Waals surface area contributed by atoms with Crippen LogP contribution in [-0.4, -0.2) is 78.4 Å². The maximum atomic E-state index is 12.8. The van der Waals surface area contributed by atoms with Crippen molar-refractivity contribution in [2.24, 2.45) is 0 Å². The fourth-order valence-electron chi connectivity index (χ4n) is 4.25. The maximum Gasteiger partial charge on any atom is 0.323 e. The largest absolute Gasteiger partial charge is 0.480 e. The summed E-state index contributed by atoms with van der Waals surface area (Å²) in [5.41, 5.74) is 1.33. The van der Waals surface area contributed by atoms with Crippen LogP contribution >= 0.6 is 0 Å². The van der Waals surface area contributed by atoms with Crippen molar-refractivity contribution in [1.82, 2.24) is 19.6 Å². The van der Waals surface area contributed by atoms with Crippen LogP contribution in [0.4, 0.5) is 11.6 Å². The predicted octanol–water partition coefficient (Wildman–Crippen LogP) is 2.06. The Kier molecular flexibility index (Phi) is 8.54. The number of carboxylic acids is 1. The van der Waals surface area contributed by atoms with Gasteiger partial charge in [-0.3, -0.25) is 9.59 Å². The van der Waals surface area contributed by atoms with Crippen molar-refractivity contribution in [2.45, 2.75) is 29.8 Å². The second-order valence-corrected chi connectivity index (χ2v) is 10.9. The first-order valence-electron chi connectivity index (χ1n) is 12.2. The summed E-state index contributed by atoms with van der Waals surface area (Å²) >= 11 is 0. The van der Waals surface area contributed by atoms with E-state index in [0.717, 1.165) is 35.9 Å². The van der Waals surface area contributed by atoms with Gasteiger partial charge in [-0.2, -0.15) is 4.31 Å². The Morgan fingerprint density at radius 2 is 1.66 bits per heavy atom. The Morgan fingerprint density at radius 3 is 2.26 bits per heavy atom. The molecule has 1 amide bonds. The molecule has 11 nitrogen and oxygen atoms in total. The molecule has 2 heterocycles. The maximum absolute atomic E-state index is 12.8. The summed E-state index contributed by atoms with van der Waals surface area (Å²) in [6.45, 7) is 1.28. The molecule has 1 atom stereocenters. The molecule has 38 heavy (non-hydrogen) atoms. The van der Waals surface area contributed by atoms with E-state index < -0.39 is 27.9 Å². The Hall–Kier alpha value is -4.03. The third-order valence-electron chi connectivity index (χ3n) is 6.49. The monoisotopic (exact) mass is 538 g/mol. The number of hydrogen-bond donors (Lipinski definition) is 3. The number of nitrogens with one attached hydrogen (secondary N) is 2. The zero-order valence-corrected chi connectivity index (χ0v) is 21.7. The van der Waals surface area contributed by atoms with Crippen LogP contribution in [0.5, 0.6) is 0 Å². The number of carbonyl (C=O) groups is 2. The topological polar surface area (TPSA) is 145 Å². The number of hydrogen-bond acceptors (Lipinski definition) is 8. The highest BCUT2D eigenvalue weighted by atomic mass is 32.2. The molecule has 1 aliphatic rings. The van der Waals surface area contributed by atoms with Crippen LogP contribution in [0.1, 0.15) is 23.2 Å². The molecule has 12 heteroatoms. The minimum absolute atomic E-state index is 0.0242. The summed E-state index contributed by atoms with van der Waals surface area (Å²) in [7, 11) is -2.86. The Morgan fingerprint density at radius 1 is 1.03 bits per heavy atom. The van der Waals surface area contributed by atoms with E-state index in [1.54, 1.807) is 48.8 Å². The van der Waals surface area contributed by atoms with Gasteiger partial charge in [0.25, 0.3) is 5.91 Å². The number of benzene rings is 2. The number of likely N-dealkylation sites (N-methyl/N-ethyl adjacent to an activating group) is 1. The lowest BCUT2D eigenvalue weighted by atomic mass is 10.0. The molecule has 1 saturated heterocycles. The van der Waals surface area contributed by atoms with E-state index in [9.17, 15) is 23.1 Å². The molecule has 200 valence electrons. The van der Waals surface area contributed by atoms with Gasteiger partial charge in [-0.1, -0.05) is 18.2 Å². The molecule has 1 fully saturated rings. The van der Waals surface area contributed by atoms with E-state index in [0.29, 0.717) is 11.5 Å². The van der Waals surface area contributed by atoms with Gasteiger partial charge in [-0.15, -0.1) is 0 Å². The number of aliphatic carboxylic acids is 1. The van der Waals surface area contributed by atoms with Gasteiger partial charge < -0.3 is 20.6 Å². The van der Waals surface area contributed by atoms with Crippen LogP contribution in [0, 0.1) is 0 Å². The molecule has 1 unspecified atom stereocenters. The molecular formula is C26H30N6O5S. The molecule has 1 aromatic heterocycles. The van der Waals surface area contributed by atoms with Crippen molar-refractivity contribution in [2.75, 3.05) is 36.9 Å². The van der Waals surface area contributed by atoms with Gasteiger partial charge in [0.05, 0.1) is 4.90 Å². The smallest absolute Gasteiger partial charge is 0.323 e. The first kappa shape index (κ1) is 27.0. The van der Waals surface area contributed by atoms with Gasteiger partial charge in [0.1, 0.15) is 6.04 Å². The first-order valence-corrected chi connectivity index (χ1v) is 13.6. The summed E-state index contributed by atoms with van der Waals surface area (Å²) < 4.78 is 26.4. The van der Waals surface area contributed by atoms with Crippen LogP contribution < -0.4 is 15.5 Å². The standard InChI is InChI=1S/C26H30N6O5S/c1-31(38(36,37)22-6-3-2-4-7-22)23(25(34)35)18-29-24(33)19-8-10-21(11-9-19)32-16-12-20(13-17-32)30-26-27-14-5-15-28-26/h2-11,14-15,20,23H,12-13,16-18H2,1H3,(H,29,33)(H,34,35)(H,27,28,30). The summed E-state index contributed by atoms with van der Waals surface area (Å²) in [5, 5.41) is 15.5. The number of aromatic nitrogens is 2. The van der Waals surface area contributed by atoms with Gasteiger partial charge in [0.2, 0.25) is 16.0 Å². The minimum atomic E-state index is -4.05. The second kappa shape index (κ2) is 12.0. The number of piperidine rings is 1. The van der Waals surface area contributed by atoms with Crippen molar-refractivity contribution in [3.8, 4) is 0 Å². The highest BCUT2D eigenvalue weighted by Crippen LogP contribution is 2.22. The number of anilines is 2. The lowest BCUT2D eigenvalue weighted by Crippen LogP contribution is -2.49. The molecule has 0 saturated carbocycles. The molecule has 0 aliphatic carbocycles. The van der Waals surface area contributed by atoms with Crippen LogP contribution in [0.3, 0.4) is 0 Å². The zero-order chi connectivity index (χ0) is 27.1. The number of nitrogens with zero attached hydrogens (tertiary/aromatic N) is 4. The molecule has 1 aliphatic heterocycles. The molecule has 0 radical (unpaired) electrons. The predicted molar refractivity (Wildman–Crippen MR) is 142 cm³/mol. The van der Waals surface area contributed by atoms with Gasteiger partial charge in [-0.05, 0) is 55.3 Å². The van der Waals surface area contributed by atoms with E-state index in [1.165, 1.54) is 19.2 Å². The number of carbonyl (C=O) groups excluding carboxylic acids is 1. The van der Waals surface area contributed by atoms with Crippen molar-refractivity contribution >= 4 is 33.5 Å². The quantitative estimate of drug-likeness (QED) is 0.353. The number of carboxylic acid groups (broad SMARTS) is 1. The third kappa shape index (κ3) is 6.45. The molecule has 0 spiro atoms. The Bertz CT molecular complexity index is 1330. The van der Waals surface area contributed by atoms with Gasteiger partial charge in [-0.25, -0.2) is 18.4 Å². The number of amides is 1. The second-order valence-electron chi connectivity index (χ2n) is 8.92. The Balaban J connectivity index is 1.32. The Labute approximate surface area is 221 Å². The zero-order valence-electron chi connectivity index (χ0n) is 20.9. The lowest BCUT2D eigenvalue weighted by Gasteiger charge is -2.34. The fraction of sp³-hybridized carbons (Fsp3) is 0.308. The highest BCUT2D eigenvalue weighted by Gasteiger charge is 2.33. The normalized spacial score (nSPS) is 15.2. The third-order valence-corrected chi connectivity index (χ3v) is 8.37. The number of sulfonamides is 1. The molecule has 2 aromatic carbocycles. The van der Waals surface area contributed by atoms with Crippen LogP contribution in [-0.2, 0) is 14.8 Å². The van der Waals surface area contributed by atoms with Crippen LogP contribution in [0.2, 0.25) is 0 Å². The minimum Gasteiger partial charge on any atom is -0.480 e. The molecule has 0 bridgehead atoms. The average Bonchev–Trinajstić information content (AvgIpc) is 2.94. The van der Waals surface area contributed by atoms with E-state index in [4.69, 9.17) is 0 Å². The molecule has 3 aromatic rings. The summed E-state index contributed by atoms with van der Waals surface area (Å²) in [6.07, 6.45) is 5.23. The lowest BCUT2D eigenvalue weighted by molar-refractivity contribution is -0.140.